The zero-order valence-corrected chi connectivity index (χ0v) is 36.3. The molecule has 0 aliphatic carbocycles. The van der Waals surface area contributed by atoms with E-state index < -0.39 is 79.2 Å². The topological polar surface area (TPSA) is 502 Å². The smallest absolute Gasteiger partial charge is 0.394 e. The first-order chi connectivity index (χ1) is 28.8. The SMILES string of the molecule is C=CC1=C(C(=O)O)N2C(=O)[C@@H](NC(=O)/C(=N\O)c3csc(N)n3)[C@H]2SC1.C=CC1=C(C(=O)O)N2C(=O)[C@@H](NC(=O)/C(=N\O)c3csc(N)n3)[C@H]2SC1.O=S(=O)(O)O.O=S(=O)(O)O.[NH4+]. The Kier molecular flexibility index (Phi) is 18.4. The molecule has 0 saturated carbocycles. The number of quaternary nitrogens is 1. The lowest BCUT2D eigenvalue weighted by Gasteiger charge is -2.49. The van der Waals surface area contributed by atoms with Crippen LogP contribution in [0.4, 0.5) is 10.3 Å². The number of hydrogen-bond donors (Lipinski definition) is 13. The minimum Gasteiger partial charge on any atom is -0.477 e. The predicted octanol–water partition coefficient (Wildman–Crippen LogP) is -1.27. The summed E-state index contributed by atoms with van der Waals surface area (Å²) in [5.74, 6) is -4.55. The summed E-state index contributed by atoms with van der Waals surface area (Å²) in [4.78, 5) is 82.3. The molecule has 63 heavy (non-hydrogen) atoms. The minimum absolute atomic E-state index is 0. The van der Waals surface area contributed by atoms with Gasteiger partial charge in [-0.15, -0.1) is 46.2 Å². The second-order valence-electron chi connectivity index (χ2n) is 11.4. The fourth-order valence-corrected chi connectivity index (χ4v) is 9.01. The Labute approximate surface area is 369 Å². The highest BCUT2D eigenvalue weighted by Crippen LogP contribution is 2.41. The van der Waals surface area contributed by atoms with Gasteiger partial charge >= 0.3 is 32.7 Å². The van der Waals surface area contributed by atoms with E-state index in [2.05, 4.69) is 44.1 Å². The van der Waals surface area contributed by atoms with E-state index in [9.17, 15) is 39.0 Å². The van der Waals surface area contributed by atoms with Gasteiger partial charge < -0.3 is 48.9 Å². The predicted molar refractivity (Wildman–Crippen MR) is 224 cm³/mol. The molecule has 35 heteroatoms. The molecule has 2 fully saturated rings. The number of carboxylic acid groups (broad SMARTS) is 2. The molecule has 4 aliphatic heterocycles. The van der Waals surface area contributed by atoms with Crippen LogP contribution >= 0.6 is 46.2 Å². The standard InChI is InChI=1S/2C14H13N5O5S2.H3N.2H2O4S/c2*1-2-5-3-25-12-8(11(21)19(12)9(5)13(22)23)17-10(20)7(18-24)6-4-26-14(15)16-6;;2*1-5(2,3)4/h2*2,4,8,12,24H,1,3H2,(H2,15,16)(H,17,20)(H,22,23);1H3;2*(H2,1,2,3,4)/p+1/b2*18-7-;;;/t2*8-,12-;;;/m11.../s1. The highest BCUT2D eigenvalue weighted by molar-refractivity contribution is 8.00. The van der Waals surface area contributed by atoms with E-state index in [-0.39, 0.29) is 50.6 Å². The van der Waals surface area contributed by atoms with Gasteiger partial charge in [-0.25, -0.2) is 19.6 Å². The van der Waals surface area contributed by atoms with Crippen molar-refractivity contribution in [2.24, 2.45) is 10.3 Å². The van der Waals surface area contributed by atoms with Crippen molar-refractivity contribution in [3.63, 3.8) is 0 Å². The van der Waals surface area contributed by atoms with Gasteiger partial charge in [0.2, 0.25) is 0 Å². The molecule has 0 aromatic carbocycles. The van der Waals surface area contributed by atoms with Crippen molar-refractivity contribution in [1.82, 2.24) is 36.6 Å². The lowest BCUT2D eigenvalue weighted by Crippen LogP contribution is -2.71. The maximum Gasteiger partial charge on any atom is 0.394 e. The summed E-state index contributed by atoms with van der Waals surface area (Å²) >= 11 is 4.73. The maximum atomic E-state index is 12.4. The van der Waals surface area contributed by atoms with Crippen molar-refractivity contribution in [2.45, 2.75) is 22.8 Å². The summed E-state index contributed by atoms with van der Waals surface area (Å²) in [6, 6.07) is -1.89. The van der Waals surface area contributed by atoms with Crippen molar-refractivity contribution < 1.29 is 84.4 Å². The summed E-state index contributed by atoms with van der Waals surface area (Å²) in [6.07, 6.45) is 2.80. The van der Waals surface area contributed by atoms with E-state index in [1.807, 2.05) is 0 Å². The number of aromatic nitrogens is 2. The zero-order chi connectivity index (χ0) is 47.0. The van der Waals surface area contributed by atoms with Crippen LogP contribution in [-0.4, -0.2) is 157 Å². The molecule has 2 saturated heterocycles. The van der Waals surface area contributed by atoms with Crippen molar-refractivity contribution >= 4 is 124 Å². The number of thioether (sulfide) groups is 2. The van der Waals surface area contributed by atoms with Gasteiger partial charge in [-0.05, 0) is 11.1 Å². The van der Waals surface area contributed by atoms with E-state index in [0.29, 0.717) is 22.7 Å². The second-order valence-corrected chi connectivity index (χ2v) is 17.2. The van der Waals surface area contributed by atoms with Gasteiger partial charge in [-0.2, -0.15) is 16.8 Å². The van der Waals surface area contributed by atoms with E-state index >= 15 is 0 Å². The van der Waals surface area contributed by atoms with Crippen molar-refractivity contribution in [1.29, 1.82) is 0 Å². The molecule has 0 radical (unpaired) electrons. The lowest BCUT2D eigenvalue weighted by atomic mass is 10.0. The van der Waals surface area contributed by atoms with Gasteiger partial charge in [-0.1, -0.05) is 35.6 Å². The Bertz CT molecular complexity index is 2350. The highest BCUT2D eigenvalue weighted by Gasteiger charge is 2.55. The van der Waals surface area contributed by atoms with Crippen LogP contribution in [0, 0.1) is 0 Å². The lowest BCUT2D eigenvalue weighted by molar-refractivity contribution is -0.150. The molecule has 4 atom stereocenters. The van der Waals surface area contributed by atoms with E-state index in [1.54, 1.807) is 0 Å². The molecule has 6 heterocycles. The Morgan fingerprint density at radius 2 is 1.02 bits per heavy atom. The van der Waals surface area contributed by atoms with Gasteiger partial charge in [0.25, 0.3) is 23.6 Å². The number of β-lactam (4-membered cyclic amide) rings is 2. The number of hydrogen-bond acceptors (Lipinski definition) is 22. The first-order valence-corrected chi connectivity index (χ1v) is 22.4. The number of amides is 4. The van der Waals surface area contributed by atoms with Gasteiger partial charge in [-0.3, -0.25) is 47.2 Å². The monoisotopic (exact) mass is 1000 g/mol. The number of anilines is 2. The van der Waals surface area contributed by atoms with E-state index in [1.165, 1.54) is 46.4 Å². The molecule has 29 nitrogen and oxygen atoms in total. The molecule has 4 aliphatic rings. The van der Waals surface area contributed by atoms with Gasteiger partial charge in [0.1, 0.15) is 45.6 Å². The van der Waals surface area contributed by atoms with Crippen LogP contribution in [0.2, 0.25) is 0 Å². The summed E-state index contributed by atoms with van der Waals surface area (Å²) in [6.45, 7) is 7.12. The van der Waals surface area contributed by atoms with Crippen molar-refractivity contribution in [2.75, 3.05) is 23.0 Å². The number of fused-ring (bicyclic) bond motifs is 2. The zero-order valence-electron chi connectivity index (χ0n) is 31.4. The molecule has 6 rings (SSSR count). The molecular weight excluding hydrogens is 971 g/mol. The van der Waals surface area contributed by atoms with E-state index in [4.69, 9.17) is 56.9 Å². The fourth-order valence-electron chi connectivity index (χ4n) is 5.24. The van der Waals surface area contributed by atoms with Gasteiger partial charge in [0.05, 0.1) is 0 Å². The Morgan fingerprint density at radius 1 is 0.714 bits per heavy atom. The third-order valence-electron chi connectivity index (χ3n) is 7.63. The molecule has 18 N–H and O–H groups in total. The number of nitrogens with zero attached hydrogens (tertiary/aromatic N) is 6. The Balaban J connectivity index is 0.000000352. The molecule has 2 aromatic heterocycles. The number of aliphatic carboxylic acids is 2. The van der Waals surface area contributed by atoms with Crippen LogP contribution in [0.5, 0.6) is 0 Å². The number of nitrogens with two attached hydrogens (primary N) is 2. The molecule has 344 valence electrons. The number of thiazole rings is 2. The number of rotatable bonds is 10. The quantitative estimate of drug-likeness (QED) is 0.0434. The second kappa shape index (κ2) is 21.9. The number of carboxylic acids is 2. The van der Waals surface area contributed by atoms with Crippen LogP contribution in [0.25, 0.3) is 0 Å². The number of allylic oxidation sites excluding steroid dienone is 2. The molecular formula is C28H34N11O18S6+. The normalized spacial score (nSPS) is 20.4. The molecule has 0 unspecified atom stereocenters. The fraction of sp³-hybridized carbons (Fsp3) is 0.214. The largest absolute Gasteiger partial charge is 0.477 e. The third-order valence-corrected chi connectivity index (χ3v) is 11.6. The summed E-state index contributed by atoms with van der Waals surface area (Å²) in [7, 11) is -9.33. The van der Waals surface area contributed by atoms with Crippen LogP contribution in [0.1, 0.15) is 11.4 Å². The van der Waals surface area contributed by atoms with Crippen LogP contribution in [0.3, 0.4) is 0 Å². The number of carbonyl (C=O) groups excluding carboxylic acids is 4. The Hall–Kier alpha value is -6.02. The average molecular weight is 1010 g/mol. The van der Waals surface area contributed by atoms with E-state index in [0.717, 1.165) is 32.5 Å². The summed E-state index contributed by atoms with van der Waals surface area (Å²) < 4.78 is 63.2. The summed E-state index contributed by atoms with van der Waals surface area (Å²) in [5, 5.41) is 49.8. The first-order valence-electron chi connectivity index (χ1n) is 15.7. The van der Waals surface area contributed by atoms with Crippen LogP contribution < -0.4 is 28.3 Å². The molecule has 0 spiro atoms. The maximum absolute atomic E-state index is 12.4. The number of nitrogen functional groups attached to an aromatic ring is 2. The van der Waals surface area contributed by atoms with Crippen LogP contribution in [0.15, 0.2) is 68.9 Å². The summed E-state index contributed by atoms with van der Waals surface area (Å²) in [5.41, 5.74) is 11.0. The minimum atomic E-state index is -4.67. The number of oxime groups is 2. The molecule has 0 bridgehead atoms. The van der Waals surface area contributed by atoms with Crippen molar-refractivity contribution in [3.8, 4) is 0 Å². The third kappa shape index (κ3) is 13.5. The average Bonchev–Trinajstić information content (AvgIpc) is 3.81. The number of carbonyl (C=O) groups is 6. The van der Waals surface area contributed by atoms with Crippen LogP contribution in [-0.2, 0) is 49.6 Å². The first kappa shape index (κ1) is 53.1. The van der Waals surface area contributed by atoms with Gasteiger partial charge in [0, 0.05) is 22.3 Å². The molecule has 2 aromatic rings. The van der Waals surface area contributed by atoms with Gasteiger partial charge in [0.15, 0.2) is 21.7 Å². The van der Waals surface area contributed by atoms with Crippen molar-refractivity contribution in [3.05, 3.63) is 70.0 Å². The molecule has 4 amide bonds. The Morgan fingerprint density at radius 3 is 1.24 bits per heavy atom. The highest BCUT2D eigenvalue weighted by atomic mass is 32.3. The number of nitrogens with one attached hydrogen (secondary N) is 2.